The number of amides is 1. The summed E-state index contributed by atoms with van der Waals surface area (Å²) in [5.41, 5.74) is 0. The maximum atomic E-state index is 13.0. The topological polar surface area (TPSA) is 73.0 Å². The summed E-state index contributed by atoms with van der Waals surface area (Å²) in [6.45, 7) is 5.78. The molecule has 9 heteroatoms. The van der Waals surface area contributed by atoms with Crippen LogP contribution in [0.1, 0.15) is 19.3 Å². The zero-order valence-electron chi connectivity index (χ0n) is 15.1. The zero-order chi connectivity index (χ0) is 18.4. The van der Waals surface area contributed by atoms with Crippen molar-refractivity contribution in [2.45, 2.75) is 23.5 Å². The van der Waals surface area contributed by atoms with Crippen LogP contribution < -0.4 is 5.32 Å². The van der Waals surface area contributed by atoms with E-state index >= 15 is 0 Å². The Morgan fingerprint density at radius 3 is 2.54 bits per heavy atom. The third-order valence-corrected chi connectivity index (χ3v) is 8.20. The van der Waals surface area contributed by atoms with Gasteiger partial charge in [-0.1, -0.05) is 12.5 Å². The summed E-state index contributed by atoms with van der Waals surface area (Å²) >= 11 is 1.20. The van der Waals surface area contributed by atoms with Crippen LogP contribution in [0.15, 0.2) is 21.7 Å². The molecule has 2 saturated heterocycles. The zero-order valence-corrected chi connectivity index (χ0v) is 16.7. The maximum Gasteiger partial charge on any atom is 0.253 e. The van der Waals surface area contributed by atoms with Crippen LogP contribution in [-0.2, 0) is 14.8 Å². The first kappa shape index (κ1) is 19.8. The number of likely N-dealkylation sites (tertiary alicyclic amines) is 1. The number of piperidine rings is 1. The number of hydrogen-bond acceptors (Lipinski definition) is 6. The molecular weight excluding hydrogens is 372 g/mol. The molecule has 1 amide bonds. The van der Waals surface area contributed by atoms with E-state index in [9.17, 15) is 13.2 Å². The van der Waals surface area contributed by atoms with E-state index in [0.717, 1.165) is 39.0 Å². The van der Waals surface area contributed by atoms with Gasteiger partial charge in [-0.05, 0) is 37.4 Å². The van der Waals surface area contributed by atoms with Crippen molar-refractivity contribution in [2.24, 2.45) is 0 Å². The van der Waals surface area contributed by atoms with Gasteiger partial charge in [-0.15, -0.1) is 11.3 Å². The maximum absolute atomic E-state index is 13.0. The van der Waals surface area contributed by atoms with E-state index in [-0.39, 0.29) is 12.5 Å². The number of nitrogens with one attached hydrogen (secondary N) is 1. The smallest absolute Gasteiger partial charge is 0.253 e. The quantitative estimate of drug-likeness (QED) is 0.728. The van der Waals surface area contributed by atoms with Gasteiger partial charge in [0.1, 0.15) is 4.21 Å². The lowest BCUT2D eigenvalue weighted by Gasteiger charge is -2.32. The lowest BCUT2D eigenvalue weighted by atomic mass is 10.1. The normalized spacial score (nSPS) is 19.8. The van der Waals surface area contributed by atoms with Gasteiger partial charge >= 0.3 is 0 Å². The van der Waals surface area contributed by atoms with Crippen LogP contribution in [0.5, 0.6) is 0 Å². The summed E-state index contributed by atoms with van der Waals surface area (Å²) in [7, 11) is -3.63. The lowest BCUT2D eigenvalue weighted by Crippen LogP contribution is -2.51. The molecule has 2 aliphatic heterocycles. The second-order valence-electron chi connectivity index (χ2n) is 6.80. The van der Waals surface area contributed by atoms with Gasteiger partial charge in [0.25, 0.3) is 10.0 Å². The van der Waals surface area contributed by atoms with Gasteiger partial charge in [0, 0.05) is 39.3 Å². The highest BCUT2D eigenvalue weighted by Gasteiger charge is 2.30. The average Bonchev–Trinajstić information content (AvgIpc) is 3.22. The standard InChI is InChI=1S/C17H28N4O3S2/c22-16(20-10-6-18-7-11-20)15-21(13-12-19-8-2-1-3-9-19)26(23,24)17-5-4-14-25-17/h4-5,14,18H,1-3,6-13,15H2. The Bertz CT molecular complexity index is 666. The minimum absolute atomic E-state index is 0.0753. The van der Waals surface area contributed by atoms with Crippen LogP contribution in [0.3, 0.4) is 0 Å². The van der Waals surface area contributed by atoms with Crippen molar-refractivity contribution >= 4 is 27.3 Å². The molecule has 0 saturated carbocycles. The fourth-order valence-electron chi connectivity index (χ4n) is 3.42. The monoisotopic (exact) mass is 400 g/mol. The van der Waals surface area contributed by atoms with Crippen molar-refractivity contribution in [1.82, 2.24) is 19.4 Å². The van der Waals surface area contributed by atoms with Gasteiger partial charge in [-0.3, -0.25) is 4.79 Å². The minimum Gasteiger partial charge on any atom is -0.339 e. The van der Waals surface area contributed by atoms with E-state index in [4.69, 9.17) is 0 Å². The number of rotatable bonds is 7. The molecule has 0 bridgehead atoms. The molecule has 0 radical (unpaired) electrons. The highest BCUT2D eigenvalue weighted by molar-refractivity contribution is 7.91. The van der Waals surface area contributed by atoms with E-state index in [1.165, 1.54) is 22.1 Å². The summed E-state index contributed by atoms with van der Waals surface area (Å²) in [5, 5.41) is 4.97. The number of thiophene rings is 1. The van der Waals surface area contributed by atoms with Crippen LogP contribution in [0.4, 0.5) is 0 Å². The van der Waals surface area contributed by atoms with Crippen molar-refractivity contribution in [3.63, 3.8) is 0 Å². The van der Waals surface area contributed by atoms with Crippen molar-refractivity contribution < 1.29 is 13.2 Å². The molecule has 0 atom stereocenters. The Hall–Kier alpha value is -1.00. The van der Waals surface area contributed by atoms with Crippen LogP contribution in [0.2, 0.25) is 0 Å². The Labute approximate surface area is 160 Å². The van der Waals surface area contributed by atoms with Gasteiger partial charge in [0.2, 0.25) is 5.91 Å². The van der Waals surface area contributed by atoms with Crippen LogP contribution >= 0.6 is 11.3 Å². The van der Waals surface area contributed by atoms with Gasteiger partial charge in [-0.25, -0.2) is 8.42 Å². The molecule has 1 aromatic heterocycles. The lowest BCUT2D eigenvalue weighted by molar-refractivity contribution is -0.132. The van der Waals surface area contributed by atoms with E-state index in [1.807, 2.05) is 0 Å². The van der Waals surface area contributed by atoms with Crippen LogP contribution in [-0.4, -0.2) is 87.3 Å². The highest BCUT2D eigenvalue weighted by Crippen LogP contribution is 2.21. The predicted molar refractivity (Wildman–Crippen MR) is 103 cm³/mol. The molecule has 1 aromatic rings. The Balaban J connectivity index is 1.69. The Morgan fingerprint density at radius 2 is 1.88 bits per heavy atom. The first-order valence-corrected chi connectivity index (χ1v) is 11.6. The van der Waals surface area contributed by atoms with Gasteiger partial charge < -0.3 is 15.1 Å². The number of nitrogens with zero attached hydrogens (tertiary/aromatic N) is 3. The first-order chi connectivity index (χ1) is 12.6. The van der Waals surface area contributed by atoms with Crippen molar-refractivity contribution in [3.8, 4) is 0 Å². The van der Waals surface area contributed by atoms with Gasteiger partial charge in [-0.2, -0.15) is 4.31 Å². The number of piperazine rings is 1. The van der Waals surface area contributed by atoms with E-state index in [0.29, 0.717) is 30.4 Å². The molecule has 146 valence electrons. The predicted octanol–water partition coefficient (Wildman–Crippen LogP) is 0.657. The Morgan fingerprint density at radius 1 is 1.15 bits per heavy atom. The number of carbonyl (C=O) groups excluding carboxylic acids is 1. The molecule has 1 N–H and O–H groups in total. The van der Waals surface area contributed by atoms with Gasteiger partial charge in [0.15, 0.2) is 0 Å². The Kier molecular flexibility index (Phi) is 7.05. The molecule has 0 aromatic carbocycles. The average molecular weight is 401 g/mol. The second kappa shape index (κ2) is 9.27. The molecule has 0 aliphatic carbocycles. The largest absolute Gasteiger partial charge is 0.339 e. The fraction of sp³-hybridized carbons (Fsp3) is 0.706. The first-order valence-electron chi connectivity index (χ1n) is 9.32. The van der Waals surface area contributed by atoms with Crippen LogP contribution in [0.25, 0.3) is 0 Å². The molecule has 0 unspecified atom stereocenters. The molecular formula is C17H28N4O3S2. The molecule has 3 rings (SSSR count). The van der Waals surface area contributed by atoms with Crippen molar-refractivity contribution in [3.05, 3.63) is 17.5 Å². The minimum atomic E-state index is -3.63. The van der Waals surface area contributed by atoms with Crippen molar-refractivity contribution in [2.75, 3.05) is 58.9 Å². The molecule has 2 aliphatic rings. The molecule has 3 heterocycles. The van der Waals surface area contributed by atoms with Crippen molar-refractivity contribution in [1.29, 1.82) is 0 Å². The summed E-state index contributed by atoms with van der Waals surface area (Å²) in [6.07, 6.45) is 3.57. The molecule has 26 heavy (non-hydrogen) atoms. The fourth-order valence-corrected chi connectivity index (χ4v) is 5.95. The second-order valence-corrected chi connectivity index (χ2v) is 9.92. The number of carbonyl (C=O) groups is 1. The summed E-state index contributed by atoms with van der Waals surface area (Å²) in [6, 6.07) is 3.35. The SMILES string of the molecule is O=C(CN(CCN1CCCCC1)S(=O)(=O)c1cccs1)N1CCNCC1. The third kappa shape index (κ3) is 5.04. The van der Waals surface area contributed by atoms with Gasteiger partial charge in [0.05, 0.1) is 6.54 Å². The van der Waals surface area contributed by atoms with E-state index in [1.54, 1.807) is 22.4 Å². The summed E-state index contributed by atoms with van der Waals surface area (Å²) in [4.78, 5) is 16.7. The molecule has 2 fully saturated rings. The summed E-state index contributed by atoms with van der Waals surface area (Å²) < 4.78 is 27.7. The third-order valence-electron chi connectivity index (χ3n) is 4.98. The van der Waals surface area contributed by atoms with E-state index < -0.39 is 10.0 Å². The molecule has 0 spiro atoms. The van der Waals surface area contributed by atoms with E-state index in [2.05, 4.69) is 10.2 Å². The number of hydrogen-bond donors (Lipinski definition) is 1. The van der Waals surface area contributed by atoms with Crippen LogP contribution in [0, 0.1) is 0 Å². The molecule has 7 nitrogen and oxygen atoms in total. The highest BCUT2D eigenvalue weighted by atomic mass is 32.2. The number of sulfonamides is 1. The summed E-state index contributed by atoms with van der Waals surface area (Å²) in [5.74, 6) is -0.106.